The third kappa shape index (κ3) is 4.37. The highest BCUT2D eigenvalue weighted by molar-refractivity contribution is 9.10. The van der Waals surface area contributed by atoms with Gasteiger partial charge in [-0.05, 0) is 73.5 Å². The molecule has 1 amide bonds. The normalized spacial score (nSPS) is 32.8. The fourth-order valence-electron chi connectivity index (χ4n) is 6.08. The molecular formula is C22H28BrNO4. The standard InChI is InChI=1S/C22H28BrNO4/c1-27-18-4-2-3-15(6-18)12-24-19(25)13-28-20(26)11-21-7-16-5-17(8-21)10-22(23,9-16)14-21/h2-4,6,16-17H,5,7-14H2,1H3,(H,24,25). The minimum atomic E-state index is -0.279. The number of carbonyl (C=O) groups excluding carboxylic acids is 2. The molecule has 4 fully saturated rings. The second kappa shape index (κ2) is 7.69. The van der Waals surface area contributed by atoms with Crippen LogP contribution in [0, 0.1) is 17.3 Å². The summed E-state index contributed by atoms with van der Waals surface area (Å²) < 4.78 is 10.7. The first-order valence-electron chi connectivity index (χ1n) is 10.1. The average Bonchev–Trinajstić information content (AvgIpc) is 2.62. The van der Waals surface area contributed by atoms with Crippen LogP contribution < -0.4 is 10.1 Å². The summed E-state index contributed by atoms with van der Waals surface area (Å²) in [4.78, 5) is 24.5. The molecule has 5 rings (SSSR count). The summed E-state index contributed by atoms with van der Waals surface area (Å²) in [6, 6.07) is 7.52. The van der Waals surface area contributed by atoms with Gasteiger partial charge in [-0.2, -0.15) is 0 Å². The van der Waals surface area contributed by atoms with E-state index >= 15 is 0 Å². The number of alkyl halides is 1. The van der Waals surface area contributed by atoms with Crippen LogP contribution in [-0.2, 0) is 20.9 Å². The highest BCUT2D eigenvalue weighted by Crippen LogP contribution is 2.65. The molecule has 2 unspecified atom stereocenters. The summed E-state index contributed by atoms with van der Waals surface area (Å²) in [5.74, 6) is 1.70. The van der Waals surface area contributed by atoms with Gasteiger partial charge in [0.15, 0.2) is 6.61 Å². The fraction of sp³-hybridized carbons (Fsp3) is 0.636. The summed E-state index contributed by atoms with van der Waals surface area (Å²) >= 11 is 3.97. The quantitative estimate of drug-likeness (QED) is 0.504. The van der Waals surface area contributed by atoms with Crippen LogP contribution in [0.3, 0.4) is 0 Å². The second-order valence-corrected chi connectivity index (χ2v) is 10.8. The van der Waals surface area contributed by atoms with Crippen molar-refractivity contribution in [3.63, 3.8) is 0 Å². The monoisotopic (exact) mass is 449 g/mol. The van der Waals surface area contributed by atoms with Crippen molar-refractivity contribution in [2.45, 2.75) is 55.8 Å². The lowest BCUT2D eigenvalue weighted by atomic mass is 9.49. The van der Waals surface area contributed by atoms with Gasteiger partial charge in [0.05, 0.1) is 13.5 Å². The number of esters is 1. The first-order chi connectivity index (χ1) is 13.4. The Balaban J connectivity index is 1.24. The molecule has 4 aliphatic carbocycles. The smallest absolute Gasteiger partial charge is 0.306 e. The van der Waals surface area contributed by atoms with Crippen LogP contribution in [0.5, 0.6) is 5.75 Å². The van der Waals surface area contributed by atoms with Crippen molar-refractivity contribution < 1.29 is 19.1 Å². The number of amides is 1. The van der Waals surface area contributed by atoms with Crippen molar-refractivity contribution in [2.24, 2.45) is 17.3 Å². The maximum atomic E-state index is 12.5. The molecule has 2 atom stereocenters. The molecular weight excluding hydrogens is 422 g/mol. The van der Waals surface area contributed by atoms with Crippen molar-refractivity contribution >= 4 is 27.8 Å². The summed E-state index contributed by atoms with van der Waals surface area (Å²) in [6.45, 7) is 0.165. The number of ether oxygens (including phenoxy) is 2. The lowest BCUT2D eigenvalue weighted by molar-refractivity contribution is -0.154. The van der Waals surface area contributed by atoms with Gasteiger partial charge < -0.3 is 14.8 Å². The van der Waals surface area contributed by atoms with Crippen molar-refractivity contribution in [1.29, 1.82) is 0 Å². The van der Waals surface area contributed by atoms with Crippen molar-refractivity contribution in [1.82, 2.24) is 5.32 Å². The van der Waals surface area contributed by atoms with E-state index in [0.717, 1.165) is 42.4 Å². The molecule has 152 valence electrons. The Kier molecular flexibility index (Phi) is 5.43. The minimum absolute atomic E-state index is 0.0712. The van der Waals surface area contributed by atoms with Gasteiger partial charge in [0, 0.05) is 10.9 Å². The third-order valence-electron chi connectivity index (χ3n) is 6.62. The Morgan fingerprint density at radius 3 is 2.64 bits per heavy atom. The van der Waals surface area contributed by atoms with Crippen molar-refractivity contribution in [3.05, 3.63) is 29.8 Å². The molecule has 0 saturated heterocycles. The van der Waals surface area contributed by atoms with E-state index in [4.69, 9.17) is 9.47 Å². The molecule has 0 aliphatic heterocycles. The van der Waals surface area contributed by atoms with E-state index in [0.29, 0.717) is 13.0 Å². The molecule has 4 saturated carbocycles. The van der Waals surface area contributed by atoms with Crippen LogP contribution in [0.1, 0.15) is 50.5 Å². The first-order valence-corrected chi connectivity index (χ1v) is 10.9. The van der Waals surface area contributed by atoms with E-state index in [1.165, 1.54) is 19.3 Å². The predicted molar refractivity (Wildman–Crippen MR) is 109 cm³/mol. The lowest BCUT2D eigenvalue weighted by Crippen LogP contribution is -2.53. The molecule has 0 aromatic heterocycles. The number of hydrogen-bond donors (Lipinski definition) is 1. The number of halogens is 1. The maximum absolute atomic E-state index is 12.5. The van der Waals surface area contributed by atoms with Crippen LogP contribution in [0.25, 0.3) is 0 Å². The molecule has 1 N–H and O–H groups in total. The molecule has 28 heavy (non-hydrogen) atoms. The van der Waals surface area contributed by atoms with E-state index < -0.39 is 0 Å². The molecule has 4 aliphatic rings. The fourth-order valence-corrected chi connectivity index (χ4v) is 7.59. The molecule has 6 heteroatoms. The number of hydrogen-bond acceptors (Lipinski definition) is 4. The highest BCUT2D eigenvalue weighted by atomic mass is 79.9. The van der Waals surface area contributed by atoms with E-state index in [2.05, 4.69) is 21.2 Å². The molecule has 0 spiro atoms. The molecule has 1 aromatic rings. The Hall–Kier alpha value is -1.56. The van der Waals surface area contributed by atoms with Crippen LogP contribution in [-0.4, -0.2) is 29.9 Å². The van der Waals surface area contributed by atoms with Crippen molar-refractivity contribution in [3.8, 4) is 5.75 Å². The van der Waals surface area contributed by atoms with Gasteiger partial charge in [0.25, 0.3) is 5.91 Å². The maximum Gasteiger partial charge on any atom is 0.306 e. The van der Waals surface area contributed by atoms with Gasteiger partial charge in [-0.3, -0.25) is 9.59 Å². The van der Waals surface area contributed by atoms with Gasteiger partial charge in [-0.1, -0.05) is 28.1 Å². The number of carbonyl (C=O) groups is 2. The first kappa shape index (κ1) is 19.7. The molecule has 5 nitrogen and oxygen atoms in total. The summed E-state index contributed by atoms with van der Waals surface area (Å²) in [6.07, 6.45) is 7.57. The van der Waals surface area contributed by atoms with Gasteiger partial charge in [-0.15, -0.1) is 0 Å². The van der Waals surface area contributed by atoms with Crippen molar-refractivity contribution in [2.75, 3.05) is 13.7 Å². The number of methoxy groups -OCH3 is 1. The van der Waals surface area contributed by atoms with E-state index in [-0.39, 0.29) is 28.2 Å². The third-order valence-corrected chi connectivity index (χ3v) is 7.55. The van der Waals surface area contributed by atoms with E-state index in [1.807, 2.05) is 24.3 Å². The van der Waals surface area contributed by atoms with Crippen LogP contribution in [0.2, 0.25) is 0 Å². The largest absolute Gasteiger partial charge is 0.497 e. The van der Waals surface area contributed by atoms with Crippen LogP contribution in [0.15, 0.2) is 24.3 Å². The Morgan fingerprint density at radius 2 is 1.96 bits per heavy atom. The van der Waals surface area contributed by atoms with Crippen LogP contribution >= 0.6 is 15.9 Å². The lowest BCUT2D eigenvalue weighted by Gasteiger charge is -2.60. The molecule has 0 radical (unpaired) electrons. The number of benzene rings is 1. The molecule has 0 heterocycles. The minimum Gasteiger partial charge on any atom is -0.497 e. The SMILES string of the molecule is COc1cccc(CNC(=O)COC(=O)CC23CC4CC(CC(Br)(C4)C2)C3)c1. The highest BCUT2D eigenvalue weighted by Gasteiger charge is 2.57. The second-order valence-electron chi connectivity index (χ2n) is 9.08. The zero-order chi connectivity index (χ0) is 19.8. The topological polar surface area (TPSA) is 64.6 Å². The average molecular weight is 450 g/mol. The number of nitrogens with one attached hydrogen (secondary N) is 1. The Bertz CT molecular complexity index is 751. The molecule has 1 aromatic carbocycles. The summed E-state index contributed by atoms with van der Waals surface area (Å²) in [7, 11) is 1.61. The Labute approximate surface area is 174 Å². The van der Waals surface area contributed by atoms with E-state index in [1.54, 1.807) is 7.11 Å². The zero-order valence-corrected chi connectivity index (χ0v) is 17.9. The molecule has 4 bridgehead atoms. The van der Waals surface area contributed by atoms with Gasteiger partial charge in [0.2, 0.25) is 0 Å². The van der Waals surface area contributed by atoms with Gasteiger partial charge in [0.1, 0.15) is 5.75 Å². The Morgan fingerprint density at radius 1 is 1.21 bits per heavy atom. The predicted octanol–water partition coefficient (Wildman–Crippen LogP) is 3.98. The summed E-state index contributed by atoms with van der Waals surface area (Å²) in [5.41, 5.74) is 1.01. The van der Waals surface area contributed by atoms with Crippen LogP contribution in [0.4, 0.5) is 0 Å². The van der Waals surface area contributed by atoms with E-state index in [9.17, 15) is 9.59 Å². The van der Waals surface area contributed by atoms with Gasteiger partial charge >= 0.3 is 5.97 Å². The zero-order valence-electron chi connectivity index (χ0n) is 16.3. The number of rotatable bonds is 7. The van der Waals surface area contributed by atoms with Gasteiger partial charge in [-0.25, -0.2) is 0 Å². The summed E-state index contributed by atoms with van der Waals surface area (Å²) in [5, 5.41) is 2.79.